The normalized spacial score (nSPS) is 21.0. The SMILES string of the molecule is CC(=O)c1cccc(N(CC(C)(O)CN2CCC(c3ccc(F)cc3)CC2C)C(N)=O)c1. The summed E-state index contributed by atoms with van der Waals surface area (Å²) in [7, 11) is 0. The number of primary amides is 1. The van der Waals surface area contributed by atoms with Crippen molar-refractivity contribution in [2.24, 2.45) is 5.73 Å². The summed E-state index contributed by atoms with van der Waals surface area (Å²) in [5.74, 6) is 0.00671. The van der Waals surface area contributed by atoms with Crippen LogP contribution in [0.5, 0.6) is 0 Å². The maximum atomic E-state index is 13.2. The van der Waals surface area contributed by atoms with Crippen molar-refractivity contribution in [1.82, 2.24) is 4.90 Å². The van der Waals surface area contributed by atoms with Crippen LogP contribution in [-0.4, -0.2) is 53.1 Å². The van der Waals surface area contributed by atoms with E-state index in [4.69, 9.17) is 5.73 Å². The van der Waals surface area contributed by atoms with Crippen LogP contribution in [-0.2, 0) is 0 Å². The molecule has 1 saturated heterocycles. The van der Waals surface area contributed by atoms with Crippen LogP contribution in [0.25, 0.3) is 0 Å². The molecule has 2 aromatic rings. The Balaban J connectivity index is 1.67. The Kier molecular flexibility index (Phi) is 7.31. The lowest BCUT2D eigenvalue weighted by molar-refractivity contribution is 0.00332. The molecule has 1 aliphatic rings. The van der Waals surface area contributed by atoms with Gasteiger partial charge in [-0.1, -0.05) is 24.3 Å². The zero-order valence-corrected chi connectivity index (χ0v) is 18.9. The molecule has 32 heavy (non-hydrogen) atoms. The van der Waals surface area contributed by atoms with Crippen molar-refractivity contribution in [1.29, 1.82) is 0 Å². The topological polar surface area (TPSA) is 86.9 Å². The van der Waals surface area contributed by atoms with E-state index in [9.17, 15) is 19.1 Å². The van der Waals surface area contributed by atoms with Gasteiger partial charge in [-0.15, -0.1) is 0 Å². The van der Waals surface area contributed by atoms with Crippen molar-refractivity contribution >= 4 is 17.5 Å². The first-order valence-corrected chi connectivity index (χ1v) is 11.0. The van der Waals surface area contributed by atoms with E-state index in [1.807, 2.05) is 12.1 Å². The number of likely N-dealkylation sites (tertiary alicyclic amines) is 1. The van der Waals surface area contributed by atoms with Crippen molar-refractivity contribution in [2.75, 3.05) is 24.5 Å². The van der Waals surface area contributed by atoms with Gasteiger partial charge in [0.2, 0.25) is 0 Å². The molecule has 1 aliphatic heterocycles. The third-order valence-electron chi connectivity index (χ3n) is 6.23. The third-order valence-corrected chi connectivity index (χ3v) is 6.23. The molecule has 7 heteroatoms. The number of carbonyl (C=O) groups is 2. The summed E-state index contributed by atoms with van der Waals surface area (Å²) in [6.45, 7) is 6.44. The predicted molar refractivity (Wildman–Crippen MR) is 123 cm³/mol. The number of carbonyl (C=O) groups excluding carboxylic acids is 2. The molecule has 1 fully saturated rings. The van der Waals surface area contributed by atoms with Crippen LogP contribution in [0.3, 0.4) is 0 Å². The van der Waals surface area contributed by atoms with Crippen LogP contribution in [0.2, 0.25) is 0 Å². The van der Waals surface area contributed by atoms with Gasteiger partial charge in [0.15, 0.2) is 5.78 Å². The Morgan fingerprint density at radius 1 is 1.25 bits per heavy atom. The number of benzene rings is 2. The monoisotopic (exact) mass is 441 g/mol. The number of hydrogen-bond donors (Lipinski definition) is 2. The Morgan fingerprint density at radius 2 is 1.94 bits per heavy atom. The first-order valence-electron chi connectivity index (χ1n) is 11.0. The maximum absolute atomic E-state index is 13.2. The molecule has 2 aromatic carbocycles. The average Bonchev–Trinajstić information content (AvgIpc) is 2.74. The number of urea groups is 1. The van der Waals surface area contributed by atoms with E-state index in [1.165, 1.54) is 24.0 Å². The van der Waals surface area contributed by atoms with E-state index < -0.39 is 11.6 Å². The molecule has 0 spiro atoms. The number of nitrogens with two attached hydrogens (primary N) is 1. The van der Waals surface area contributed by atoms with Crippen LogP contribution < -0.4 is 10.6 Å². The minimum absolute atomic E-state index is 0.00824. The largest absolute Gasteiger partial charge is 0.387 e. The number of rotatable bonds is 7. The highest BCUT2D eigenvalue weighted by Crippen LogP contribution is 2.32. The molecule has 6 nitrogen and oxygen atoms in total. The Morgan fingerprint density at radius 3 is 2.53 bits per heavy atom. The van der Waals surface area contributed by atoms with Gasteiger partial charge in [-0.25, -0.2) is 9.18 Å². The highest BCUT2D eigenvalue weighted by atomic mass is 19.1. The van der Waals surface area contributed by atoms with Gasteiger partial charge in [0.1, 0.15) is 5.82 Å². The number of piperidine rings is 1. The summed E-state index contributed by atoms with van der Waals surface area (Å²) in [4.78, 5) is 27.4. The molecule has 3 unspecified atom stereocenters. The zero-order valence-electron chi connectivity index (χ0n) is 18.9. The smallest absolute Gasteiger partial charge is 0.319 e. The second kappa shape index (κ2) is 9.79. The third kappa shape index (κ3) is 5.93. The average molecular weight is 442 g/mol. The fourth-order valence-corrected chi connectivity index (χ4v) is 4.51. The molecule has 2 amide bonds. The number of ketones is 1. The molecule has 3 N–H and O–H groups in total. The van der Waals surface area contributed by atoms with Gasteiger partial charge in [0, 0.05) is 23.8 Å². The van der Waals surface area contributed by atoms with Crippen molar-refractivity contribution in [3.8, 4) is 0 Å². The number of halogens is 1. The summed E-state index contributed by atoms with van der Waals surface area (Å²) in [6, 6.07) is 12.9. The summed E-state index contributed by atoms with van der Waals surface area (Å²) >= 11 is 0. The molecule has 3 atom stereocenters. The lowest BCUT2D eigenvalue weighted by atomic mass is 9.85. The number of aliphatic hydroxyl groups is 1. The standard InChI is InChI=1S/C25H32FN3O3/c1-17-13-21(19-7-9-22(26)10-8-19)11-12-28(17)15-25(3,32)16-29(24(27)31)23-6-4-5-20(14-23)18(2)30/h4-10,14,17,21,32H,11-13,15-16H2,1-3H3,(H2,27,31). The van der Waals surface area contributed by atoms with Crippen molar-refractivity contribution in [2.45, 2.75) is 51.2 Å². The summed E-state index contributed by atoms with van der Waals surface area (Å²) in [5.41, 5.74) is 6.49. The highest BCUT2D eigenvalue weighted by molar-refractivity contribution is 5.97. The van der Waals surface area contributed by atoms with Crippen LogP contribution in [0.15, 0.2) is 48.5 Å². The minimum atomic E-state index is -1.21. The maximum Gasteiger partial charge on any atom is 0.319 e. The fourth-order valence-electron chi connectivity index (χ4n) is 4.51. The second-order valence-corrected chi connectivity index (χ2v) is 9.12. The fraction of sp³-hybridized carbons (Fsp3) is 0.440. The van der Waals surface area contributed by atoms with Crippen molar-refractivity contribution < 1.29 is 19.1 Å². The van der Waals surface area contributed by atoms with E-state index in [0.29, 0.717) is 23.7 Å². The number of amides is 2. The van der Waals surface area contributed by atoms with E-state index in [2.05, 4.69) is 11.8 Å². The molecule has 0 aliphatic carbocycles. The van der Waals surface area contributed by atoms with Crippen LogP contribution in [0, 0.1) is 5.82 Å². The Hall–Kier alpha value is -2.77. The lowest BCUT2D eigenvalue weighted by Crippen LogP contribution is -2.54. The van der Waals surface area contributed by atoms with Gasteiger partial charge in [0.05, 0.1) is 12.1 Å². The number of β-amino-alcohol motifs (C(OH)–C–C–N with tert-alkyl or cyclic N) is 1. The molecule has 172 valence electrons. The van der Waals surface area contributed by atoms with Crippen LogP contribution in [0.1, 0.15) is 55.5 Å². The first-order chi connectivity index (χ1) is 15.1. The molecule has 0 radical (unpaired) electrons. The lowest BCUT2D eigenvalue weighted by Gasteiger charge is -2.42. The minimum Gasteiger partial charge on any atom is -0.387 e. The summed E-state index contributed by atoms with van der Waals surface area (Å²) < 4.78 is 13.2. The number of Topliss-reactive ketones (excluding diaryl/α,β-unsaturated/α-hetero) is 1. The van der Waals surface area contributed by atoms with Gasteiger partial charge in [-0.3, -0.25) is 14.6 Å². The number of hydrogen-bond acceptors (Lipinski definition) is 4. The van der Waals surface area contributed by atoms with E-state index in [1.54, 1.807) is 31.2 Å². The van der Waals surface area contributed by atoms with Crippen molar-refractivity contribution in [3.05, 3.63) is 65.5 Å². The second-order valence-electron chi connectivity index (χ2n) is 9.12. The first kappa shape index (κ1) is 23.9. The van der Waals surface area contributed by atoms with Gasteiger partial charge >= 0.3 is 6.03 Å². The number of nitrogens with zero attached hydrogens (tertiary/aromatic N) is 2. The van der Waals surface area contributed by atoms with Gasteiger partial charge in [-0.2, -0.15) is 0 Å². The van der Waals surface area contributed by atoms with Gasteiger partial charge in [0.25, 0.3) is 0 Å². The summed E-state index contributed by atoms with van der Waals surface area (Å²) in [6.07, 6.45) is 1.81. The van der Waals surface area contributed by atoms with Gasteiger partial charge in [-0.05, 0) is 75.9 Å². The highest BCUT2D eigenvalue weighted by Gasteiger charge is 2.34. The molecular weight excluding hydrogens is 409 g/mol. The predicted octanol–water partition coefficient (Wildman–Crippen LogP) is 3.93. The van der Waals surface area contributed by atoms with Crippen LogP contribution >= 0.6 is 0 Å². The summed E-state index contributed by atoms with van der Waals surface area (Å²) in [5, 5.41) is 11.2. The molecule has 1 heterocycles. The molecule has 0 bridgehead atoms. The van der Waals surface area contributed by atoms with E-state index in [0.717, 1.165) is 24.9 Å². The molecular formula is C25H32FN3O3. The van der Waals surface area contributed by atoms with Crippen LogP contribution in [0.4, 0.5) is 14.9 Å². The van der Waals surface area contributed by atoms with Gasteiger partial charge < -0.3 is 10.8 Å². The zero-order chi connectivity index (χ0) is 23.5. The van der Waals surface area contributed by atoms with E-state index >= 15 is 0 Å². The van der Waals surface area contributed by atoms with Crippen molar-refractivity contribution in [3.63, 3.8) is 0 Å². The molecule has 0 saturated carbocycles. The molecule has 3 rings (SSSR count). The van der Waals surface area contributed by atoms with E-state index in [-0.39, 0.29) is 24.2 Å². The molecule has 0 aromatic heterocycles. The Bertz CT molecular complexity index is 961. The number of anilines is 1. The Labute approximate surface area is 188 Å². The quantitative estimate of drug-likeness (QED) is 0.638.